The summed E-state index contributed by atoms with van der Waals surface area (Å²) in [5.41, 5.74) is 0. The van der Waals surface area contributed by atoms with Gasteiger partial charge in [0.2, 0.25) is 0 Å². The number of aliphatic carboxylic acids is 1. The number of carboxylic acid groups (broad SMARTS) is 1. The van der Waals surface area contributed by atoms with Crippen LogP contribution in [-0.2, 0) is 4.79 Å². The van der Waals surface area contributed by atoms with Gasteiger partial charge in [0, 0.05) is 6.42 Å². The maximum Gasteiger partial charge on any atom is 0.303 e. The lowest BCUT2D eigenvalue weighted by Crippen LogP contribution is -2.01. The van der Waals surface area contributed by atoms with Crippen LogP contribution in [0.3, 0.4) is 0 Å². The molecule has 3 heteroatoms. The van der Waals surface area contributed by atoms with Crippen LogP contribution in [-0.4, -0.2) is 22.3 Å². The zero-order chi connectivity index (χ0) is 15.8. The van der Waals surface area contributed by atoms with Crippen molar-refractivity contribution in [2.24, 2.45) is 0 Å². The first-order chi connectivity index (χ1) is 10.2. The van der Waals surface area contributed by atoms with E-state index in [9.17, 15) is 9.90 Å². The van der Waals surface area contributed by atoms with Crippen molar-refractivity contribution in [1.29, 1.82) is 0 Å². The second-order valence-corrected chi connectivity index (χ2v) is 5.90. The number of aliphatic hydroxyl groups is 1. The van der Waals surface area contributed by atoms with Crippen molar-refractivity contribution in [2.75, 3.05) is 0 Å². The first kappa shape index (κ1) is 20.2. The van der Waals surface area contributed by atoms with Crippen molar-refractivity contribution in [3.63, 3.8) is 0 Å². The molecule has 1 unspecified atom stereocenters. The van der Waals surface area contributed by atoms with E-state index in [1.165, 1.54) is 38.5 Å². The SMILES string of the molecule is CCCCCC=CC(O)CCCCCCCCCC(=O)O. The fourth-order valence-electron chi connectivity index (χ4n) is 2.38. The lowest BCUT2D eigenvalue weighted by molar-refractivity contribution is -0.137. The molecular formula is C18H34O3. The number of carboxylic acids is 1. The monoisotopic (exact) mass is 298 g/mol. The fraction of sp³-hybridized carbons (Fsp3) is 0.833. The molecule has 0 spiro atoms. The van der Waals surface area contributed by atoms with Gasteiger partial charge < -0.3 is 10.2 Å². The maximum atomic E-state index is 10.3. The molecule has 0 saturated heterocycles. The van der Waals surface area contributed by atoms with E-state index in [4.69, 9.17) is 5.11 Å². The van der Waals surface area contributed by atoms with E-state index in [-0.39, 0.29) is 6.10 Å². The number of hydrogen-bond donors (Lipinski definition) is 2. The average molecular weight is 298 g/mol. The normalized spacial score (nSPS) is 12.9. The summed E-state index contributed by atoms with van der Waals surface area (Å²) in [7, 11) is 0. The molecule has 0 amide bonds. The van der Waals surface area contributed by atoms with E-state index in [0.29, 0.717) is 6.42 Å². The number of rotatable bonds is 15. The third-order valence-electron chi connectivity index (χ3n) is 3.72. The van der Waals surface area contributed by atoms with Gasteiger partial charge in [-0.1, -0.05) is 70.4 Å². The summed E-state index contributed by atoms with van der Waals surface area (Å²) in [5.74, 6) is -0.688. The smallest absolute Gasteiger partial charge is 0.303 e. The Labute approximate surface area is 130 Å². The first-order valence-electron chi connectivity index (χ1n) is 8.73. The molecule has 0 rings (SSSR count). The second kappa shape index (κ2) is 15.6. The number of hydrogen-bond acceptors (Lipinski definition) is 2. The molecule has 0 saturated carbocycles. The highest BCUT2D eigenvalue weighted by Gasteiger charge is 1.99. The van der Waals surface area contributed by atoms with E-state index < -0.39 is 5.97 Å². The third kappa shape index (κ3) is 17.1. The van der Waals surface area contributed by atoms with Gasteiger partial charge in [0.25, 0.3) is 0 Å². The second-order valence-electron chi connectivity index (χ2n) is 5.90. The Balaban J connectivity index is 3.24. The molecule has 0 bridgehead atoms. The quantitative estimate of drug-likeness (QED) is 0.327. The van der Waals surface area contributed by atoms with Gasteiger partial charge in [-0.15, -0.1) is 0 Å². The predicted molar refractivity (Wildman–Crippen MR) is 88.5 cm³/mol. The molecule has 0 aromatic heterocycles. The van der Waals surface area contributed by atoms with Crippen molar-refractivity contribution in [3.05, 3.63) is 12.2 Å². The molecule has 0 aromatic carbocycles. The Morgan fingerprint density at radius 3 is 2.19 bits per heavy atom. The number of carbonyl (C=O) groups is 1. The summed E-state index contributed by atoms with van der Waals surface area (Å²) < 4.78 is 0. The number of unbranched alkanes of at least 4 members (excludes halogenated alkanes) is 9. The van der Waals surface area contributed by atoms with Gasteiger partial charge in [0.1, 0.15) is 0 Å². The number of aliphatic hydroxyl groups excluding tert-OH is 1. The lowest BCUT2D eigenvalue weighted by Gasteiger charge is -2.05. The van der Waals surface area contributed by atoms with Gasteiger partial charge in [-0.3, -0.25) is 4.79 Å². The van der Waals surface area contributed by atoms with Crippen molar-refractivity contribution in [1.82, 2.24) is 0 Å². The van der Waals surface area contributed by atoms with Crippen molar-refractivity contribution >= 4 is 5.97 Å². The fourth-order valence-corrected chi connectivity index (χ4v) is 2.38. The predicted octanol–water partition coefficient (Wildman–Crippen LogP) is 5.08. The Bertz CT molecular complexity index is 261. The van der Waals surface area contributed by atoms with E-state index in [2.05, 4.69) is 13.0 Å². The molecule has 0 heterocycles. The molecule has 124 valence electrons. The highest BCUT2D eigenvalue weighted by Crippen LogP contribution is 2.11. The van der Waals surface area contributed by atoms with E-state index in [0.717, 1.165) is 38.5 Å². The van der Waals surface area contributed by atoms with Crippen LogP contribution in [0, 0.1) is 0 Å². The Kier molecular flexibility index (Phi) is 14.9. The van der Waals surface area contributed by atoms with E-state index >= 15 is 0 Å². The van der Waals surface area contributed by atoms with Crippen LogP contribution in [0.2, 0.25) is 0 Å². The topological polar surface area (TPSA) is 57.5 Å². The van der Waals surface area contributed by atoms with Crippen LogP contribution in [0.1, 0.15) is 90.4 Å². The number of allylic oxidation sites excluding steroid dienone is 1. The summed E-state index contributed by atoms with van der Waals surface area (Å²) in [5, 5.41) is 18.3. The minimum atomic E-state index is -0.688. The summed E-state index contributed by atoms with van der Waals surface area (Å²) in [4.78, 5) is 10.3. The van der Waals surface area contributed by atoms with Gasteiger partial charge in [0.15, 0.2) is 0 Å². The van der Waals surface area contributed by atoms with Crippen LogP contribution in [0.15, 0.2) is 12.2 Å². The molecular weight excluding hydrogens is 264 g/mol. The van der Waals surface area contributed by atoms with Crippen LogP contribution >= 0.6 is 0 Å². The molecule has 0 radical (unpaired) electrons. The minimum Gasteiger partial charge on any atom is -0.481 e. The largest absolute Gasteiger partial charge is 0.481 e. The zero-order valence-electron chi connectivity index (χ0n) is 13.7. The van der Waals surface area contributed by atoms with E-state index in [1.807, 2.05) is 6.08 Å². The summed E-state index contributed by atoms with van der Waals surface area (Å²) >= 11 is 0. The van der Waals surface area contributed by atoms with Gasteiger partial charge in [-0.05, 0) is 25.7 Å². The van der Waals surface area contributed by atoms with Crippen molar-refractivity contribution < 1.29 is 15.0 Å². The first-order valence-corrected chi connectivity index (χ1v) is 8.73. The molecule has 1 atom stereocenters. The lowest BCUT2D eigenvalue weighted by atomic mass is 10.0. The average Bonchev–Trinajstić information content (AvgIpc) is 2.45. The maximum absolute atomic E-state index is 10.3. The van der Waals surface area contributed by atoms with Gasteiger partial charge in [-0.25, -0.2) is 0 Å². The molecule has 21 heavy (non-hydrogen) atoms. The Morgan fingerprint density at radius 1 is 0.952 bits per heavy atom. The molecule has 2 N–H and O–H groups in total. The summed E-state index contributed by atoms with van der Waals surface area (Å²) in [6.45, 7) is 2.20. The Morgan fingerprint density at radius 2 is 1.57 bits per heavy atom. The molecule has 0 aliphatic heterocycles. The summed E-state index contributed by atoms with van der Waals surface area (Å²) in [6, 6.07) is 0. The molecule has 0 aliphatic carbocycles. The van der Waals surface area contributed by atoms with Crippen molar-refractivity contribution in [2.45, 2.75) is 96.5 Å². The van der Waals surface area contributed by atoms with Gasteiger partial charge >= 0.3 is 5.97 Å². The summed E-state index contributed by atoms with van der Waals surface area (Å²) in [6.07, 6.45) is 17.4. The zero-order valence-corrected chi connectivity index (χ0v) is 13.7. The van der Waals surface area contributed by atoms with Crippen LogP contribution in [0.5, 0.6) is 0 Å². The van der Waals surface area contributed by atoms with Crippen LogP contribution < -0.4 is 0 Å². The van der Waals surface area contributed by atoms with Crippen LogP contribution in [0.4, 0.5) is 0 Å². The third-order valence-corrected chi connectivity index (χ3v) is 3.72. The van der Waals surface area contributed by atoms with Crippen molar-refractivity contribution in [3.8, 4) is 0 Å². The van der Waals surface area contributed by atoms with E-state index in [1.54, 1.807) is 0 Å². The highest BCUT2D eigenvalue weighted by molar-refractivity contribution is 5.66. The molecule has 3 nitrogen and oxygen atoms in total. The molecule has 0 aliphatic rings. The minimum absolute atomic E-state index is 0.276. The standard InChI is InChI=1S/C18H34O3/c1-2-3-4-8-11-14-17(19)15-12-9-6-5-7-10-13-16-18(20)21/h11,14,17,19H,2-10,12-13,15-16H2,1H3,(H,20,21). The highest BCUT2D eigenvalue weighted by atomic mass is 16.4. The van der Waals surface area contributed by atoms with Gasteiger partial charge in [-0.2, -0.15) is 0 Å². The van der Waals surface area contributed by atoms with Gasteiger partial charge in [0.05, 0.1) is 6.10 Å². The Hall–Kier alpha value is -0.830. The molecule has 0 aromatic rings. The molecule has 0 fully saturated rings. The van der Waals surface area contributed by atoms with Crippen LogP contribution in [0.25, 0.3) is 0 Å².